The van der Waals surface area contributed by atoms with Crippen LogP contribution >= 0.6 is 11.6 Å². The molecule has 1 heterocycles. The molecule has 0 radical (unpaired) electrons. The molecule has 0 bridgehead atoms. The third kappa shape index (κ3) is 4.90. The molecule has 1 aliphatic carbocycles. The van der Waals surface area contributed by atoms with Crippen molar-refractivity contribution in [1.29, 1.82) is 5.26 Å². The van der Waals surface area contributed by atoms with E-state index < -0.39 is 9.84 Å². The predicted octanol–water partition coefficient (Wildman–Crippen LogP) is 4.26. The first-order valence-electron chi connectivity index (χ1n) is 10.6. The number of nitrogens with zero attached hydrogens (tertiary/aromatic N) is 2. The smallest absolute Gasteiger partial charge is 0.175 e. The van der Waals surface area contributed by atoms with Crippen molar-refractivity contribution in [2.45, 2.75) is 49.6 Å². The molecule has 2 aromatic carbocycles. The summed E-state index contributed by atoms with van der Waals surface area (Å²) in [6.07, 6.45) is 5.17. The zero-order valence-corrected chi connectivity index (χ0v) is 19.4. The number of nitriles is 1. The number of benzene rings is 2. The van der Waals surface area contributed by atoms with Crippen molar-refractivity contribution in [2.75, 3.05) is 19.4 Å². The van der Waals surface area contributed by atoms with Gasteiger partial charge in [-0.1, -0.05) is 11.6 Å². The summed E-state index contributed by atoms with van der Waals surface area (Å²) in [5.74, 6) is 1.13. The number of ether oxygens (including phenoxy) is 1. The molecular weight excluding hydrogens is 432 g/mol. The van der Waals surface area contributed by atoms with Gasteiger partial charge in [-0.25, -0.2) is 8.42 Å². The number of likely N-dealkylation sites (tertiary alicyclic amines) is 1. The Labute approximate surface area is 189 Å². The van der Waals surface area contributed by atoms with Gasteiger partial charge < -0.3 is 4.74 Å². The van der Waals surface area contributed by atoms with Gasteiger partial charge in [0.15, 0.2) is 9.84 Å². The van der Waals surface area contributed by atoms with E-state index >= 15 is 0 Å². The van der Waals surface area contributed by atoms with Crippen LogP contribution in [0, 0.1) is 17.2 Å². The molecule has 5 nitrogen and oxygen atoms in total. The molecule has 0 amide bonds. The highest BCUT2D eigenvalue weighted by Gasteiger charge is 2.36. The summed E-state index contributed by atoms with van der Waals surface area (Å²) < 4.78 is 29.2. The number of hydrogen-bond donors (Lipinski definition) is 0. The minimum Gasteiger partial charge on any atom is -0.493 e. The highest BCUT2D eigenvalue weighted by molar-refractivity contribution is 7.90. The van der Waals surface area contributed by atoms with Crippen molar-refractivity contribution in [1.82, 2.24) is 4.90 Å². The molecule has 1 saturated heterocycles. The lowest BCUT2D eigenvalue weighted by Crippen LogP contribution is -2.41. The van der Waals surface area contributed by atoms with Crippen LogP contribution in [-0.4, -0.2) is 44.8 Å². The number of hydrogen-bond acceptors (Lipinski definition) is 5. The summed E-state index contributed by atoms with van der Waals surface area (Å²) >= 11 is 6.24. The first-order valence-corrected chi connectivity index (χ1v) is 12.9. The third-order valence-electron chi connectivity index (χ3n) is 6.53. The highest BCUT2D eigenvalue weighted by Crippen LogP contribution is 2.34. The molecular formula is C24H27ClN2O3S. The van der Waals surface area contributed by atoms with Gasteiger partial charge in [0.2, 0.25) is 0 Å². The van der Waals surface area contributed by atoms with Crippen molar-refractivity contribution in [3.8, 4) is 11.8 Å². The Kier molecular flexibility index (Phi) is 6.30. The van der Waals surface area contributed by atoms with Gasteiger partial charge in [0.1, 0.15) is 5.75 Å². The molecule has 0 aromatic heterocycles. The molecule has 4 rings (SSSR count). The fraction of sp³-hybridized carbons (Fsp3) is 0.458. The second-order valence-electron chi connectivity index (χ2n) is 8.80. The van der Waals surface area contributed by atoms with Gasteiger partial charge in [-0.2, -0.15) is 5.26 Å². The van der Waals surface area contributed by atoms with Gasteiger partial charge in [-0.05, 0) is 80.1 Å². The first-order chi connectivity index (χ1) is 14.7. The van der Waals surface area contributed by atoms with Crippen LogP contribution in [0.2, 0.25) is 5.02 Å². The summed E-state index contributed by atoms with van der Waals surface area (Å²) in [7, 11) is -3.19. The number of rotatable bonds is 5. The Bertz CT molecular complexity index is 1110. The Morgan fingerprint density at radius 1 is 1.26 bits per heavy atom. The van der Waals surface area contributed by atoms with E-state index in [2.05, 4.69) is 17.9 Å². The Hall–Kier alpha value is -2.07. The quantitative estimate of drug-likeness (QED) is 0.669. The van der Waals surface area contributed by atoms with Crippen molar-refractivity contribution < 1.29 is 13.2 Å². The molecule has 2 aromatic rings. The fourth-order valence-electron chi connectivity index (χ4n) is 5.02. The van der Waals surface area contributed by atoms with E-state index in [-0.39, 0.29) is 0 Å². The minimum absolute atomic E-state index is 0.303. The van der Waals surface area contributed by atoms with Gasteiger partial charge in [0.05, 0.1) is 23.1 Å². The summed E-state index contributed by atoms with van der Waals surface area (Å²) in [6, 6.07) is 13.6. The van der Waals surface area contributed by atoms with Gasteiger partial charge in [-0.3, -0.25) is 4.90 Å². The van der Waals surface area contributed by atoms with E-state index in [1.807, 2.05) is 6.07 Å². The lowest BCUT2D eigenvalue weighted by Gasteiger charge is -2.35. The van der Waals surface area contributed by atoms with E-state index in [1.54, 1.807) is 30.3 Å². The van der Waals surface area contributed by atoms with Crippen LogP contribution in [0.5, 0.6) is 5.75 Å². The molecule has 0 spiro atoms. The molecule has 1 fully saturated rings. The molecule has 3 atom stereocenters. The van der Waals surface area contributed by atoms with Crippen LogP contribution in [0.1, 0.15) is 36.5 Å². The SMILES string of the molecule is C[C@@H]1C[C@H](COc2ccc(S(C)(=O)=O)cc2)CN1[C@H]1CCc2c(C#N)cc(Cl)cc2C1. The molecule has 0 saturated carbocycles. The Balaban J connectivity index is 1.37. The standard InChI is InChI=1S/C24H27ClN2O3S/c1-16-9-17(15-30-22-4-6-23(7-5-22)31(2,28)29)14-27(16)21-3-8-24-18(12-21)10-20(25)11-19(24)13-26/h4-7,10-11,16-17,21H,3,8-9,12,14-15H2,1-2H3/t16-,17+,21+/m1/s1. The molecule has 0 unspecified atom stereocenters. The van der Waals surface area contributed by atoms with Gasteiger partial charge >= 0.3 is 0 Å². The average Bonchev–Trinajstić information content (AvgIpc) is 3.11. The predicted molar refractivity (Wildman–Crippen MR) is 121 cm³/mol. The largest absolute Gasteiger partial charge is 0.493 e. The zero-order chi connectivity index (χ0) is 22.2. The fourth-order valence-corrected chi connectivity index (χ4v) is 5.89. The molecule has 31 heavy (non-hydrogen) atoms. The number of halogens is 1. The second-order valence-corrected chi connectivity index (χ2v) is 11.3. The molecule has 0 N–H and O–H groups in total. The van der Waals surface area contributed by atoms with E-state index in [0.29, 0.717) is 45.8 Å². The lowest BCUT2D eigenvalue weighted by molar-refractivity contribution is 0.164. The monoisotopic (exact) mass is 458 g/mol. The summed E-state index contributed by atoms with van der Waals surface area (Å²) in [5.41, 5.74) is 3.08. The summed E-state index contributed by atoms with van der Waals surface area (Å²) in [4.78, 5) is 2.88. The normalized spacial score (nSPS) is 23.9. The van der Waals surface area contributed by atoms with Gasteiger partial charge in [-0.15, -0.1) is 0 Å². The number of fused-ring (bicyclic) bond motifs is 1. The maximum Gasteiger partial charge on any atom is 0.175 e. The highest BCUT2D eigenvalue weighted by atomic mass is 35.5. The Morgan fingerprint density at radius 2 is 2.00 bits per heavy atom. The van der Waals surface area contributed by atoms with Crippen LogP contribution in [0.25, 0.3) is 0 Å². The summed E-state index contributed by atoms with van der Waals surface area (Å²) in [6.45, 7) is 3.87. The maximum absolute atomic E-state index is 11.6. The maximum atomic E-state index is 11.6. The van der Waals surface area contributed by atoms with E-state index in [1.165, 1.54) is 11.8 Å². The van der Waals surface area contributed by atoms with Gasteiger partial charge in [0, 0.05) is 35.8 Å². The van der Waals surface area contributed by atoms with E-state index in [4.69, 9.17) is 16.3 Å². The van der Waals surface area contributed by atoms with Crippen LogP contribution in [-0.2, 0) is 22.7 Å². The van der Waals surface area contributed by atoms with Gasteiger partial charge in [0.25, 0.3) is 0 Å². The number of sulfone groups is 1. The van der Waals surface area contributed by atoms with Crippen molar-refractivity contribution in [3.05, 3.63) is 58.1 Å². The van der Waals surface area contributed by atoms with Crippen LogP contribution in [0.15, 0.2) is 41.3 Å². The average molecular weight is 459 g/mol. The molecule has 2 aliphatic rings. The molecule has 7 heteroatoms. The summed E-state index contributed by atoms with van der Waals surface area (Å²) in [5, 5.41) is 10.1. The van der Waals surface area contributed by atoms with E-state index in [0.717, 1.165) is 37.8 Å². The zero-order valence-electron chi connectivity index (χ0n) is 17.8. The van der Waals surface area contributed by atoms with Crippen LogP contribution in [0.3, 0.4) is 0 Å². The third-order valence-corrected chi connectivity index (χ3v) is 7.87. The molecule has 1 aliphatic heterocycles. The van der Waals surface area contributed by atoms with Crippen molar-refractivity contribution >= 4 is 21.4 Å². The lowest BCUT2D eigenvalue weighted by atomic mass is 9.85. The van der Waals surface area contributed by atoms with Crippen LogP contribution in [0.4, 0.5) is 0 Å². The Morgan fingerprint density at radius 3 is 2.68 bits per heavy atom. The molecule has 164 valence electrons. The topological polar surface area (TPSA) is 70.4 Å². The van der Waals surface area contributed by atoms with E-state index in [9.17, 15) is 13.7 Å². The van der Waals surface area contributed by atoms with Crippen LogP contribution < -0.4 is 4.74 Å². The second kappa shape index (κ2) is 8.82. The van der Waals surface area contributed by atoms with Crippen molar-refractivity contribution in [3.63, 3.8) is 0 Å². The minimum atomic E-state index is -3.19. The first kappa shape index (κ1) is 22.1. The van der Waals surface area contributed by atoms with Crippen molar-refractivity contribution in [2.24, 2.45) is 5.92 Å².